The molecule has 0 saturated carbocycles. The van der Waals surface area contributed by atoms with Gasteiger partial charge in [-0.2, -0.15) is 4.98 Å². The second kappa shape index (κ2) is 5.21. The van der Waals surface area contributed by atoms with Crippen molar-refractivity contribution in [1.82, 2.24) is 15.3 Å². The maximum absolute atomic E-state index is 11.9. The van der Waals surface area contributed by atoms with Gasteiger partial charge in [0.05, 0.1) is 11.6 Å². The Morgan fingerprint density at radius 1 is 1.53 bits per heavy atom. The highest BCUT2D eigenvalue weighted by molar-refractivity contribution is 6.32. The number of hydrogen-bond acceptors (Lipinski definition) is 5. The number of amides is 1. The number of hydrogen-bond donors (Lipinski definition) is 2. The summed E-state index contributed by atoms with van der Waals surface area (Å²) in [5, 5.41) is 6.10. The van der Waals surface area contributed by atoms with E-state index in [1.165, 1.54) is 0 Å². The molecule has 0 aliphatic carbocycles. The van der Waals surface area contributed by atoms with Crippen molar-refractivity contribution in [3.8, 4) is 0 Å². The van der Waals surface area contributed by atoms with Crippen LogP contribution in [0.3, 0.4) is 0 Å². The number of aromatic nitrogens is 2. The van der Waals surface area contributed by atoms with E-state index in [-0.39, 0.29) is 5.91 Å². The van der Waals surface area contributed by atoms with Crippen LogP contribution in [0.15, 0.2) is 6.20 Å². The second-order valence-electron chi connectivity index (χ2n) is 4.93. The highest BCUT2D eigenvalue weighted by atomic mass is 35.5. The van der Waals surface area contributed by atoms with Gasteiger partial charge in [0.25, 0.3) is 0 Å². The first kappa shape index (κ1) is 13.9. The highest BCUT2D eigenvalue weighted by Gasteiger charge is 2.40. The number of carbonyl (C=O) groups excluding carboxylic acids is 1. The molecule has 1 aromatic rings. The molecule has 0 radical (unpaired) electrons. The molecule has 2 N–H and O–H groups in total. The number of halogens is 1. The van der Waals surface area contributed by atoms with Crippen LogP contribution in [-0.4, -0.2) is 43.1 Å². The fourth-order valence-electron chi connectivity index (χ4n) is 2.33. The Morgan fingerprint density at radius 2 is 2.26 bits per heavy atom. The smallest absolute Gasteiger partial charge is 0.227 e. The number of anilines is 2. The Labute approximate surface area is 117 Å². The number of carbonyl (C=O) groups is 1. The molecule has 0 spiro atoms. The van der Waals surface area contributed by atoms with E-state index in [0.29, 0.717) is 23.3 Å². The molecule has 1 amide bonds. The van der Waals surface area contributed by atoms with Gasteiger partial charge in [-0.05, 0) is 13.3 Å². The van der Waals surface area contributed by atoms with E-state index < -0.39 is 5.41 Å². The summed E-state index contributed by atoms with van der Waals surface area (Å²) in [6.07, 6.45) is 2.35. The number of nitrogens with one attached hydrogen (secondary N) is 2. The summed E-state index contributed by atoms with van der Waals surface area (Å²) in [6.45, 7) is 3.32. The van der Waals surface area contributed by atoms with E-state index in [9.17, 15) is 4.79 Å². The largest absolute Gasteiger partial charge is 0.359 e. The monoisotopic (exact) mass is 283 g/mol. The van der Waals surface area contributed by atoms with Gasteiger partial charge in [0, 0.05) is 27.2 Å². The van der Waals surface area contributed by atoms with Gasteiger partial charge < -0.3 is 15.5 Å². The van der Waals surface area contributed by atoms with Gasteiger partial charge in [-0.3, -0.25) is 4.79 Å². The fourth-order valence-corrected chi connectivity index (χ4v) is 2.54. The van der Waals surface area contributed by atoms with Crippen molar-refractivity contribution in [1.29, 1.82) is 0 Å². The van der Waals surface area contributed by atoms with Crippen LogP contribution in [-0.2, 0) is 4.79 Å². The molecule has 0 aromatic carbocycles. The molecule has 2 rings (SSSR count). The Kier molecular flexibility index (Phi) is 3.80. The topological polar surface area (TPSA) is 70.2 Å². The Hall–Kier alpha value is -1.56. The summed E-state index contributed by atoms with van der Waals surface area (Å²) in [5.74, 6) is 1.25. The molecule has 1 aliphatic rings. The van der Waals surface area contributed by atoms with Gasteiger partial charge in [-0.25, -0.2) is 4.98 Å². The number of nitrogens with zero attached hydrogens (tertiary/aromatic N) is 3. The van der Waals surface area contributed by atoms with Crippen LogP contribution in [0.5, 0.6) is 0 Å². The van der Waals surface area contributed by atoms with Gasteiger partial charge in [0.15, 0.2) is 5.82 Å². The minimum Gasteiger partial charge on any atom is -0.359 e. The minimum atomic E-state index is -0.400. The van der Waals surface area contributed by atoms with E-state index in [1.807, 2.05) is 11.8 Å². The predicted octanol–water partition coefficient (Wildman–Crippen LogP) is 1.13. The molecule has 1 atom stereocenters. The van der Waals surface area contributed by atoms with Crippen LogP contribution in [0.25, 0.3) is 0 Å². The third kappa shape index (κ3) is 2.58. The molecule has 1 fully saturated rings. The van der Waals surface area contributed by atoms with Crippen LogP contribution < -0.4 is 15.5 Å². The van der Waals surface area contributed by atoms with Crippen molar-refractivity contribution < 1.29 is 4.79 Å². The quantitative estimate of drug-likeness (QED) is 0.870. The van der Waals surface area contributed by atoms with E-state index in [0.717, 1.165) is 13.0 Å². The second-order valence-corrected chi connectivity index (χ2v) is 5.33. The maximum Gasteiger partial charge on any atom is 0.227 e. The summed E-state index contributed by atoms with van der Waals surface area (Å²) >= 11 is 6.14. The zero-order valence-corrected chi connectivity index (χ0v) is 12.1. The lowest BCUT2D eigenvalue weighted by Crippen LogP contribution is -2.39. The average molecular weight is 284 g/mol. The van der Waals surface area contributed by atoms with Crippen LogP contribution >= 0.6 is 11.6 Å². The van der Waals surface area contributed by atoms with Gasteiger partial charge in [-0.15, -0.1) is 0 Å². The van der Waals surface area contributed by atoms with Crippen molar-refractivity contribution in [2.24, 2.45) is 5.41 Å². The van der Waals surface area contributed by atoms with E-state index >= 15 is 0 Å². The average Bonchev–Trinajstić information content (AvgIpc) is 2.82. The molecule has 6 nitrogen and oxygen atoms in total. The van der Waals surface area contributed by atoms with Gasteiger partial charge >= 0.3 is 0 Å². The molecule has 2 heterocycles. The molecule has 1 aromatic heterocycles. The Balaban J connectivity index is 2.23. The van der Waals surface area contributed by atoms with E-state index in [2.05, 4.69) is 20.6 Å². The molecule has 7 heteroatoms. The maximum atomic E-state index is 11.9. The summed E-state index contributed by atoms with van der Waals surface area (Å²) in [6, 6.07) is 0. The molecule has 1 aliphatic heterocycles. The van der Waals surface area contributed by atoms with Crippen molar-refractivity contribution in [3.63, 3.8) is 0 Å². The summed E-state index contributed by atoms with van der Waals surface area (Å²) in [7, 11) is 3.42. The lowest BCUT2D eigenvalue weighted by molar-refractivity contribution is -0.128. The van der Waals surface area contributed by atoms with Crippen LogP contribution in [0.2, 0.25) is 5.02 Å². The van der Waals surface area contributed by atoms with Crippen LogP contribution in [0, 0.1) is 5.41 Å². The highest BCUT2D eigenvalue weighted by Crippen LogP contribution is 2.35. The van der Waals surface area contributed by atoms with Crippen molar-refractivity contribution in [3.05, 3.63) is 11.2 Å². The lowest BCUT2D eigenvalue weighted by atomic mass is 9.89. The van der Waals surface area contributed by atoms with E-state index in [4.69, 9.17) is 11.6 Å². The first-order valence-electron chi connectivity index (χ1n) is 6.17. The minimum absolute atomic E-state index is 0.0500. The molecule has 1 saturated heterocycles. The molecule has 104 valence electrons. The van der Waals surface area contributed by atoms with Crippen molar-refractivity contribution >= 4 is 29.3 Å². The molecule has 1 unspecified atom stereocenters. The summed E-state index contributed by atoms with van der Waals surface area (Å²) in [4.78, 5) is 22.4. The van der Waals surface area contributed by atoms with Crippen molar-refractivity contribution in [2.75, 3.05) is 37.4 Å². The van der Waals surface area contributed by atoms with Gasteiger partial charge in [0.1, 0.15) is 5.02 Å². The third-order valence-electron chi connectivity index (χ3n) is 3.50. The lowest BCUT2D eigenvalue weighted by Gasteiger charge is -2.23. The molecule has 0 bridgehead atoms. The first-order valence-corrected chi connectivity index (χ1v) is 6.55. The molecular weight excluding hydrogens is 266 g/mol. The standard InChI is InChI=1S/C12H18ClN5O/c1-12(10(19)14-2)4-5-18(7-12)9-8(13)6-16-11(15-3)17-9/h6H,4-5,7H2,1-3H3,(H,14,19)(H,15,16,17). The Morgan fingerprint density at radius 3 is 2.89 bits per heavy atom. The molecular formula is C12H18ClN5O. The van der Waals surface area contributed by atoms with E-state index in [1.54, 1.807) is 20.3 Å². The zero-order valence-electron chi connectivity index (χ0n) is 11.3. The first-order chi connectivity index (χ1) is 9.00. The Bertz CT molecular complexity index is 495. The predicted molar refractivity (Wildman–Crippen MR) is 75.6 cm³/mol. The van der Waals surface area contributed by atoms with Gasteiger partial charge in [-0.1, -0.05) is 11.6 Å². The zero-order chi connectivity index (χ0) is 14.0. The summed E-state index contributed by atoms with van der Waals surface area (Å²) < 4.78 is 0. The third-order valence-corrected chi connectivity index (χ3v) is 3.76. The molecule has 19 heavy (non-hydrogen) atoms. The van der Waals surface area contributed by atoms with Gasteiger partial charge in [0.2, 0.25) is 11.9 Å². The van der Waals surface area contributed by atoms with Crippen LogP contribution in [0.4, 0.5) is 11.8 Å². The van der Waals surface area contributed by atoms with Crippen LogP contribution in [0.1, 0.15) is 13.3 Å². The number of rotatable bonds is 3. The fraction of sp³-hybridized carbons (Fsp3) is 0.583. The SMILES string of the molecule is CNC(=O)C1(C)CCN(c2nc(NC)ncc2Cl)C1. The normalized spacial score (nSPS) is 22.4. The van der Waals surface area contributed by atoms with Crippen molar-refractivity contribution in [2.45, 2.75) is 13.3 Å². The summed E-state index contributed by atoms with van der Waals surface area (Å²) in [5.41, 5.74) is -0.400.